The van der Waals surface area contributed by atoms with E-state index in [1.54, 1.807) is 39.1 Å². The minimum atomic E-state index is -4.45. The molecular formula is C25H27ClKNO7S2. The second kappa shape index (κ2) is 12.0. The minimum Gasteiger partial charge on any atom is -0.850 e. The van der Waals surface area contributed by atoms with Gasteiger partial charge in [-0.05, 0) is 54.3 Å². The van der Waals surface area contributed by atoms with Crippen LogP contribution in [0, 0.1) is 6.92 Å². The number of rotatable bonds is 5. The van der Waals surface area contributed by atoms with Crippen molar-refractivity contribution in [3.8, 4) is 11.5 Å². The fraction of sp³-hybridized carbons (Fsp3) is 0.320. The summed E-state index contributed by atoms with van der Waals surface area (Å²) in [5.41, 5.74) is -2.15. The number of hydrogen-bond acceptors (Lipinski definition) is 8. The van der Waals surface area contributed by atoms with Crippen LogP contribution < -0.4 is 70.3 Å². The van der Waals surface area contributed by atoms with E-state index < -0.39 is 27.1 Å². The molecule has 1 amide bonds. The van der Waals surface area contributed by atoms with Crippen molar-refractivity contribution in [1.29, 1.82) is 0 Å². The largest absolute Gasteiger partial charge is 1.00 e. The van der Waals surface area contributed by atoms with E-state index in [0.717, 1.165) is 11.3 Å². The number of ether oxygens (including phenoxy) is 2. The number of amides is 1. The summed E-state index contributed by atoms with van der Waals surface area (Å²) in [6, 6.07) is 10.2. The average molecular weight is 592 g/mol. The Kier molecular flexibility index (Phi) is 10.5. The number of fused-ring (bicyclic) bond motifs is 1. The van der Waals surface area contributed by atoms with Crippen molar-refractivity contribution in [2.45, 2.75) is 43.8 Å². The van der Waals surface area contributed by atoms with E-state index in [0.29, 0.717) is 20.5 Å². The molecule has 0 saturated carbocycles. The molecule has 1 aromatic heterocycles. The predicted octanol–water partition coefficient (Wildman–Crippen LogP) is 0.848. The molecule has 8 nitrogen and oxygen atoms in total. The number of aryl methyl sites for hydroxylation is 1. The van der Waals surface area contributed by atoms with Crippen LogP contribution in [0.25, 0.3) is 0 Å². The number of aliphatic hydroxyl groups is 1. The van der Waals surface area contributed by atoms with Crippen LogP contribution in [0.3, 0.4) is 0 Å². The Bertz CT molecular complexity index is 1400. The van der Waals surface area contributed by atoms with Gasteiger partial charge in [0.25, 0.3) is 15.9 Å². The smallest absolute Gasteiger partial charge is 0.850 e. The number of carbonyl (C=O) groups is 1. The summed E-state index contributed by atoms with van der Waals surface area (Å²) in [6.45, 7) is 6.64. The van der Waals surface area contributed by atoms with Crippen LogP contribution in [-0.4, -0.2) is 39.3 Å². The number of thiophene rings is 1. The maximum Gasteiger partial charge on any atom is 1.00 e. The molecule has 0 saturated heterocycles. The second-order valence-electron chi connectivity index (χ2n) is 9.01. The number of nitrogens with zero attached hydrogens (tertiary/aromatic N) is 1. The van der Waals surface area contributed by atoms with Gasteiger partial charge < -0.3 is 19.7 Å². The molecule has 1 aliphatic rings. The summed E-state index contributed by atoms with van der Waals surface area (Å²) in [4.78, 5) is 13.7. The third kappa shape index (κ3) is 6.43. The predicted molar refractivity (Wildman–Crippen MR) is 137 cm³/mol. The van der Waals surface area contributed by atoms with E-state index in [-0.39, 0.29) is 78.3 Å². The third-order valence-corrected chi connectivity index (χ3v) is 8.24. The summed E-state index contributed by atoms with van der Waals surface area (Å²) in [5.74, 6) is -0.611. The van der Waals surface area contributed by atoms with Gasteiger partial charge in [-0.1, -0.05) is 32.4 Å². The van der Waals surface area contributed by atoms with Crippen LogP contribution in [0.4, 0.5) is 5.69 Å². The molecule has 0 radical (unpaired) electrons. The first kappa shape index (κ1) is 32.2. The van der Waals surface area contributed by atoms with Crippen LogP contribution >= 0.6 is 22.9 Å². The van der Waals surface area contributed by atoms with Gasteiger partial charge in [-0.2, -0.15) is 4.31 Å². The Labute approximate surface area is 268 Å². The molecule has 0 fully saturated rings. The van der Waals surface area contributed by atoms with Gasteiger partial charge in [0.1, 0.15) is 16.4 Å². The number of hydrogen-bond donors (Lipinski definition) is 1. The molecule has 194 valence electrons. The normalized spacial score (nSPS) is 16.9. The van der Waals surface area contributed by atoms with Crippen molar-refractivity contribution >= 4 is 44.6 Å². The number of anilines is 1. The standard InChI is InChI=1S/C21H18ClNO6S2.C4H9O.K/c1-12-8-9-30-19(12)21(25)15-10-13(22)4-6-16(15)23(20(21)24)31(26,27)18-7-5-14(28-2)11-17(18)29-3;1-4(2,3)5;/h4-11,25H,1-3H3;1-3H3;/q;-1;+1. The molecule has 0 bridgehead atoms. The molecule has 4 rings (SSSR count). The maximum atomic E-state index is 13.7. The molecule has 2 aromatic carbocycles. The van der Waals surface area contributed by atoms with Gasteiger partial charge in [0.2, 0.25) is 5.60 Å². The number of benzene rings is 2. The average Bonchev–Trinajstić information content (AvgIpc) is 3.32. The Morgan fingerprint density at radius 2 is 1.70 bits per heavy atom. The summed E-state index contributed by atoms with van der Waals surface area (Å²) in [7, 11) is -1.69. The number of sulfonamides is 1. The fourth-order valence-electron chi connectivity index (χ4n) is 3.63. The zero-order valence-corrected chi connectivity index (χ0v) is 27.2. The Balaban J connectivity index is 0.000000734. The van der Waals surface area contributed by atoms with E-state index in [4.69, 9.17) is 21.1 Å². The van der Waals surface area contributed by atoms with Crippen LogP contribution in [0.5, 0.6) is 11.5 Å². The fourth-order valence-corrected chi connectivity index (χ4v) is 6.44. The minimum absolute atomic E-state index is 0. The molecule has 2 heterocycles. The van der Waals surface area contributed by atoms with Gasteiger partial charge in [-0.15, -0.1) is 16.9 Å². The van der Waals surface area contributed by atoms with Gasteiger partial charge in [-0.25, -0.2) is 8.42 Å². The maximum absolute atomic E-state index is 13.7. The molecule has 12 heteroatoms. The molecule has 0 spiro atoms. The van der Waals surface area contributed by atoms with Crippen LogP contribution in [-0.2, 0) is 20.4 Å². The van der Waals surface area contributed by atoms with E-state index in [1.165, 1.54) is 50.6 Å². The van der Waals surface area contributed by atoms with Gasteiger partial charge in [0, 0.05) is 16.7 Å². The van der Waals surface area contributed by atoms with Gasteiger partial charge in [-0.3, -0.25) is 4.79 Å². The van der Waals surface area contributed by atoms with Crippen molar-refractivity contribution in [3.63, 3.8) is 0 Å². The molecule has 1 unspecified atom stereocenters. The molecule has 1 aliphatic heterocycles. The molecule has 1 N–H and O–H groups in total. The van der Waals surface area contributed by atoms with E-state index in [9.17, 15) is 23.4 Å². The first-order valence-electron chi connectivity index (χ1n) is 10.8. The first-order chi connectivity index (χ1) is 16.7. The third-order valence-electron chi connectivity index (χ3n) is 5.14. The summed E-state index contributed by atoms with van der Waals surface area (Å²) in [6.07, 6.45) is 0. The van der Waals surface area contributed by atoms with E-state index in [2.05, 4.69) is 0 Å². The molecule has 1 atom stereocenters. The zero-order chi connectivity index (χ0) is 27.1. The first-order valence-corrected chi connectivity index (χ1v) is 13.4. The van der Waals surface area contributed by atoms with Gasteiger partial charge >= 0.3 is 51.4 Å². The Morgan fingerprint density at radius 1 is 1.08 bits per heavy atom. The van der Waals surface area contributed by atoms with Crippen LogP contribution in [0.15, 0.2) is 52.7 Å². The second-order valence-corrected chi connectivity index (χ2v) is 12.1. The van der Waals surface area contributed by atoms with Crippen LogP contribution in [0.2, 0.25) is 5.02 Å². The summed E-state index contributed by atoms with van der Waals surface area (Å²) in [5, 5.41) is 23.7. The SMILES string of the molecule is CC(C)(C)[O-].COc1ccc(S(=O)(=O)N2C(=O)C(O)(c3sccc3C)c3cc(Cl)ccc32)c(OC)c1.[K+]. The van der Waals surface area contributed by atoms with Crippen molar-refractivity contribution in [3.05, 3.63) is 68.9 Å². The zero-order valence-electron chi connectivity index (χ0n) is 21.7. The molecule has 0 aliphatic carbocycles. The molecule has 3 aromatic rings. The summed E-state index contributed by atoms with van der Waals surface area (Å²) >= 11 is 7.30. The summed E-state index contributed by atoms with van der Waals surface area (Å²) < 4.78 is 38.3. The number of methoxy groups -OCH3 is 2. The topological polar surface area (TPSA) is 116 Å². The van der Waals surface area contributed by atoms with E-state index in [1.807, 2.05) is 0 Å². The quantitative estimate of drug-likeness (QED) is 0.437. The molecule has 37 heavy (non-hydrogen) atoms. The number of carbonyl (C=O) groups excluding carboxylic acids is 1. The Hall–Kier alpha value is -0.994. The Morgan fingerprint density at radius 3 is 2.22 bits per heavy atom. The molecular weight excluding hydrogens is 565 g/mol. The van der Waals surface area contributed by atoms with Crippen molar-refractivity contribution in [2.75, 3.05) is 18.5 Å². The van der Waals surface area contributed by atoms with Gasteiger partial charge in [0.05, 0.1) is 24.8 Å². The van der Waals surface area contributed by atoms with Crippen molar-refractivity contribution in [1.82, 2.24) is 0 Å². The number of halogens is 1. The van der Waals surface area contributed by atoms with Crippen LogP contribution in [0.1, 0.15) is 36.8 Å². The van der Waals surface area contributed by atoms with Crippen molar-refractivity contribution < 1.29 is 84.3 Å². The van der Waals surface area contributed by atoms with E-state index >= 15 is 0 Å². The van der Waals surface area contributed by atoms with Gasteiger partial charge in [0.15, 0.2) is 0 Å². The monoisotopic (exact) mass is 591 g/mol. The van der Waals surface area contributed by atoms with Crippen molar-refractivity contribution in [2.24, 2.45) is 0 Å².